The number of hydrogen-bond donors (Lipinski definition) is 2. The zero-order chi connectivity index (χ0) is 18.7. The first-order valence-corrected chi connectivity index (χ1v) is 8.73. The minimum atomic E-state index is -0.567. The molecule has 3 aromatic rings. The van der Waals surface area contributed by atoms with Crippen molar-refractivity contribution in [3.63, 3.8) is 0 Å². The van der Waals surface area contributed by atoms with Crippen molar-refractivity contribution in [2.75, 3.05) is 10.6 Å². The molecule has 0 spiro atoms. The molecule has 0 aliphatic heterocycles. The van der Waals surface area contributed by atoms with E-state index in [0.29, 0.717) is 16.4 Å². The molecule has 0 radical (unpaired) electrons. The summed E-state index contributed by atoms with van der Waals surface area (Å²) in [4.78, 5) is 19.0. The number of halogens is 3. The van der Waals surface area contributed by atoms with E-state index in [-0.39, 0.29) is 22.3 Å². The molecule has 1 aromatic heterocycles. The summed E-state index contributed by atoms with van der Waals surface area (Å²) >= 11 is 15.4. The molecule has 26 heavy (non-hydrogen) atoms. The third-order valence-electron chi connectivity index (χ3n) is 3.32. The molecule has 0 atom stereocenters. The average molecular weight is 455 g/mol. The molecule has 2 aromatic carbocycles. The van der Waals surface area contributed by atoms with E-state index in [1.54, 1.807) is 42.5 Å². The van der Waals surface area contributed by atoms with Crippen LogP contribution in [0.15, 0.2) is 53.3 Å². The molecule has 3 rings (SSSR count). The Hall–Kier alpha value is -2.42. The summed E-state index contributed by atoms with van der Waals surface area (Å²) < 4.78 is 0.887. The van der Waals surface area contributed by atoms with Crippen LogP contribution in [0.2, 0.25) is 10.0 Å². The van der Waals surface area contributed by atoms with Crippen molar-refractivity contribution < 1.29 is 4.92 Å². The van der Waals surface area contributed by atoms with E-state index in [0.717, 1.165) is 4.47 Å². The minimum Gasteiger partial charge on any atom is -0.334 e. The lowest BCUT2D eigenvalue weighted by atomic mass is 10.3. The molecular weight excluding hydrogens is 445 g/mol. The van der Waals surface area contributed by atoms with E-state index in [1.165, 1.54) is 6.33 Å². The van der Waals surface area contributed by atoms with Gasteiger partial charge in [-0.2, -0.15) is 0 Å². The molecule has 2 N–H and O–H groups in total. The van der Waals surface area contributed by atoms with Gasteiger partial charge in [-0.15, -0.1) is 0 Å². The Morgan fingerprint density at radius 1 is 1.00 bits per heavy atom. The first kappa shape index (κ1) is 18.4. The van der Waals surface area contributed by atoms with Crippen molar-refractivity contribution in [1.82, 2.24) is 9.97 Å². The third-order valence-corrected chi connectivity index (χ3v) is 4.66. The molecule has 132 valence electrons. The van der Waals surface area contributed by atoms with Crippen LogP contribution in [0.25, 0.3) is 0 Å². The van der Waals surface area contributed by atoms with E-state index in [4.69, 9.17) is 23.2 Å². The molecule has 0 aliphatic rings. The maximum absolute atomic E-state index is 11.6. The number of rotatable bonds is 5. The number of nitrogens with one attached hydrogen (secondary N) is 2. The molecule has 10 heteroatoms. The Morgan fingerprint density at radius 2 is 1.65 bits per heavy atom. The van der Waals surface area contributed by atoms with Gasteiger partial charge in [-0.05, 0) is 36.4 Å². The first-order valence-electron chi connectivity index (χ1n) is 7.18. The molecular formula is C16H10BrCl2N5O2. The van der Waals surface area contributed by atoms with Crippen molar-refractivity contribution >= 4 is 67.8 Å². The topological polar surface area (TPSA) is 93.0 Å². The van der Waals surface area contributed by atoms with Gasteiger partial charge in [0.05, 0.1) is 20.7 Å². The van der Waals surface area contributed by atoms with Crippen LogP contribution in [0.3, 0.4) is 0 Å². The molecule has 0 amide bonds. The van der Waals surface area contributed by atoms with Gasteiger partial charge in [0.25, 0.3) is 0 Å². The van der Waals surface area contributed by atoms with Crippen LogP contribution in [0, 0.1) is 10.1 Å². The van der Waals surface area contributed by atoms with Crippen LogP contribution in [-0.4, -0.2) is 14.9 Å². The van der Waals surface area contributed by atoms with Gasteiger partial charge in [0.2, 0.25) is 11.6 Å². The zero-order valence-corrected chi connectivity index (χ0v) is 16.0. The third kappa shape index (κ3) is 4.04. The lowest BCUT2D eigenvalue weighted by molar-refractivity contribution is -0.383. The molecule has 0 aliphatic carbocycles. The van der Waals surface area contributed by atoms with Crippen molar-refractivity contribution in [2.45, 2.75) is 0 Å². The molecule has 7 nitrogen and oxygen atoms in total. The highest BCUT2D eigenvalue weighted by Crippen LogP contribution is 2.36. The number of hydrogen-bond acceptors (Lipinski definition) is 6. The second kappa shape index (κ2) is 7.86. The number of aromatic nitrogens is 2. The second-order valence-corrected chi connectivity index (χ2v) is 6.74. The summed E-state index contributed by atoms with van der Waals surface area (Å²) in [6.45, 7) is 0. The highest BCUT2D eigenvalue weighted by atomic mass is 79.9. The van der Waals surface area contributed by atoms with Gasteiger partial charge in [-0.3, -0.25) is 10.1 Å². The van der Waals surface area contributed by atoms with Crippen LogP contribution in [-0.2, 0) is 0 Å². The molecule has 0 unspecified atom stereocenters. The smallest absolute Gasteiger partial charge is 0.334 e. The van der Waals surface area contributed by atoms with Crippen molar-refractivity contribution in [2.24, 2.45) is 0 Å². The minimum absolute atomic E-state index is 0.00576. The van der Waals surface area contributed by atoms with Crippen LogP contribution in [0.1, 0.15) is 0 Å². The number of nitro groups is 1. The highest BCUT2D eigenvalue weighted by molar-refractivity contribution is 9.10. The van der Waals surface area contributed by atoms with Crippen molar-refractivity contribution in [3.8, 4) is 0 Å². The standard InChI is InChI=1S/C16H10BrCl2N5O2/c17-9-4-6-10(7-5-9)22-15-14(24(25)26)16(21-8-20-15)23-12-3-1-2-11(18)13(12)19/h1-8H,(H2,20,21,22,23). The van der Waals surface area contributed by atoms with Gasteiger partial charge < -0.3 is 10.6 Å². The fourth-order valence-corrected chi connectivity index (χ4v) is 2.74. The number of benzene rings is 2. The fraction of sp³-hybridized carbons (Fsp3) is 0. The van der Waals surface area contributed by atoms with Crippen LogP contribution in [0.4, 0.5) is 28.7 Å². The molecule has 1 heterocycles. The first-order chi connectivity index (χ1) is 12.5. The molecule has 0 bridgehead atoms. The van der Waals surface area contributed by atoms with Crippen LogP contribution < -0.4 is 10.6 Å². The Bertz CT molecular complexity index is 969. The van der Waals surface area contributed by atoms with E-state index in [9.17, 15) is 10.1 Å². The quantitative estimate of drug-likeness (QED) is 0.366. The predicted molar refractivity (Wildman–Crippen MR) is 106 cm³/mol. The summed E-state index contributed by atoms with van der Waals surface area (Å²) in [5, 5.41) is 17.9. The molecule has 0 fully saturated rings. The monoisotopic (exact) mass is 453 g/mol. The summed E-state index contributed by atoms with van der Waals surface area (Å²) in [6, 6.07) is 12.1. The summed E-state index contributed by atoms with van der Waals surface area (Å²) in [6.07, 6.45) is 1.22. The van der Waals surface area contributed by atoms with Gasteiger partial charge in [0.15, 0.2) is 0 Å². The van der Waals surface area contributed by atoms with Crippen LogP contribution >= 0.6 is 39.1 Å². The van der Waals surface area contributed by atoms with Gasteiger partial charge >= 0.3 is 5.69 Å². The molecule has 0 saturated carbocycles. The Morgan fingerprint density at radius 3 is 2.31 bits per heavy atom. The zero-order valence-electron chi connectivity index (χ0n) is 12.9. The lowest BCUT2D eigenvalue weighted by Crippen LogP contribution is -2.05. The SMILES string of the molecule is O=[N+]([O-])c1c(Nc2ccc(Br)cc2)ncnc1Nc1cccc(Cl)c1Cl. The Labute approximate surface area is 166 Å². The fourth-order valence-electron chi connectivity index (χ4n) is 2.13. The highest BCUT2D eigenvalue weighted by Gasteiger charge is 2.24. The van der Waals surface area contributed by atoms with E-state index in [1.807, 2.05) is 0 Å². The number of nitrogens with zero attached hydrogens (tertiary/aromatic N) is 3. The van der Waals surface area contributed by atoms with Gasteiger partial charge in [0, 0.05) is 10.2 Å². The summed E-state index contributed by atoms with van der Waals surface area (Å²) in [5.74, 6) is 0.0433. The van der Waals surface area contributed by atoms with Gasteiger partial charge in [-0.1, -0.05) is 45.2 Å². The largest absolute Gasteiger partial charge is 0.353 e. The number of anilines is 4. The lowest BCUT2D eigenvalue weighted by Gasteiger charge is -2.11. The predicted octanol–water partition coefficient (Wildman–Crippen LogP) is 5.94. The van der Waals surface area contributed by atoms with E-state index in [2.05, 4.69) is 36.5 Å². The van der Waals surface area contributed by atoms with E-state index < -0.39 is 4.92 Å². The maximum atomic E-state index is 11.6. The van der Waals surface area contributed by atoms with Crippen LogP contribution in [0.5, 0.6) is 0 Å². The van der Waals surface area contributed by atoms with Gasteiger partial charge in [0.1, 0.15) is 6.33 Å². The summed E-state index contributed by atoms with van der Waals surface area (Å²) in [7, 11) is 0. The average Bonchev–Trinajstić information content (AvgIpc) is 2.61. The summed E-state index contributed by atoms with van der Waals surface area (Å²) in [5.41, 5.74) is 0.726. The maximum Gasteiger partial charge on any atom is 0.353 e. The second-order valence-electron chi connectivity index (χ2n) is 5.03. The Balaban J connectivity index is 1.99. The normalized spacial score (nSPS) is 10.4. The van der Waals surface area contributed by atoms with Crippen molar-refractivity contribution in [3.05, 3.63) is 73.4 Å². The Kier molecular flexibility index (Phi) is 5.55. The molecule has 0 saturated heterocycles. The van der Waals surface area contributed by atoms with Gasteiger partial charge in [-0.25, -0.2) is 9.97 Å². The van der Waals surface area contributed by atoms with E-state index >= 15 is 0 Å². The van der Waals surface area contributed by atoms with Crippen molar-refractivity contribution in [1.29, 1.82) is 0 Å².